The maximum absolute atomic E-state index is 11.4. The Morgan fingerprint density at radius 3 is 2.87 bits per heavy atom. The molecule has 126 valence electrons. The van der Waals surface area contributed by atoms with E-state index in [1.165, 1.54) is 6.07 Å². The Hall–Kier alpha value is -1.37. The maximum Gasteiger partial charge on any atom is 0.294 e. The Balaban J connectivity index is 1.94. The van der Waals surface area contributed by atoms with Crippen LogP contribution in [0.1, 0.15) is 25.7 Å². The van der Waals surface area contributed by atoms with Crippen LogP contribution in [0.25, 0.3) is 0 Å². The third-order valence-electron chi connectivity index (χ3n) is 4.88. The minimum atomic E-state index is -0.398. The molecular formula is C16H21ClN2O4. The first-order valence-electron chi connectivity index (χ1n) is 8.04. The molecule has 0 unspecified atom stereocenters. The Morgan fingerprint density at radius 2 is 2.13 bits per heavy atom. The van der Waals surface area contributed by atoms with E-state index < -0.39 is 4.92 Å². The van der Waals surface area contributed by atoms with Gasteiger partial charge in [-0.3, -0.25) is 10.1 Å². The first-order valence-corrected chi connectivity index (χ1v) is 8.42. The molecule has 3 atom stereocenters. The van der Waals surface area contributed by atoms with Crippen LogP contribution in [0.5, 0.6) is 0 Å². The highest BCUT2D eigenvalue weighted by atomic mass is 35.5. The Bertz CT molecular complexity index is 583. The number of aliphatic hydroxyl groups is 1. The predicted octanol–water partition coefficient (Wildman–Crippen LogP) is 3.00. The van der Waals surface area contributed by atoms with Gasteiger partial charge in [0, 0.05) is 23.6 Å². The minimum Gasteiger partial charge on any atom is -0.393 e. The van der Waals surface area contributed by atoms with Crippen LogP contribution >= 0.6 is 11.6 Å². The average Bonchev–Trinajstić information content (AvgIpc) is 2.55. The number of ether oxygens (including phenoxy) is 1. The molecule has 6 nitrogen and oxygen atoms in total. The molecular weight excluding hydrogens is 320 g/mol. The number of benzene rings is 1. The van der Waals surface area contributed by atoms with Crippen molar-refractivity contribution in [2.24, 2.45) is 5.92 Å². The number of hydrogen-bond donors (Lipinski definition) is 1. The Labute approximate surface area is 140 Å². The van der Waals surface area contributed by atoms with Gasteiger partial charge in [-0.05, 0) is 25.0 Å². The lowest BCUT2D eigenvalue weighted by Crippen LogP contribution is -2.53. The fourth-order valence-corrected chi connectivity index (χ4v) is 3.92. The number of halogens is 1. The highest BCUT2D eigenvalue weighted by Gasteiger charge is 2.38. The van der Waals surface area contributed by atoms with E-state index in [4.69, 9.17) is 16.3 Å². The van der Waals surface area contributed by atoms with Crippen LogP contribution in [-0.4, -0.2) is 41.9 Å². The van der Waals surface area contributed by atoms with Crippen molar-refractivity contribution in [3.05, 3.63) is 33.3 Å². The van der Waals surface area contributed by atoms with Crippen LogP contribution in [0.4, 0.5) is 11.4 Å². The second-order valence-corrected chi connectivity index (χ2v) is 6.68. The number of anilines is 1. The van der Waals surface area contributed by atoms with Crippen LogP contribution < -0.4 is 4.90 Å². The molecule has 0 aromatic heterocycles. The summed E-state index contributed by atoms with van der Waals surface area (Å²) < 4.78 is 5.61. The van der Waals surface area contributed by atoms with Gasteiger partial charge in [0.1, 0.15) is 5.69 Å². The van der Waals surface area contributed by atoms with E-state index in [0.717, 1.165) is 25.7 Å². The van der Waals surface area contributed by atoms with E-state index in [-0.39, 0.29) is 23.8 Å². The van der Waals surface area contributed by atoms with Gasteiger partial charge >= 0.3 is 0 Å². The van der Waals surface area contributed by atoms with Crippen LogP contribution in [0, 0.1) is 16.0 Å². The Kier molecular flexibility index (Phi) is 5.04. The summed E-state index contributed by atoms with van der Waals surface area (Å²) >= 11 is 5.92. The summed E-state index contributed by atoms with van der Waals surface area (Å²) in [6, 6.07) is 4.72. The normalized spacial score (nSPS) is 28.6. The molecule has 1 heterocycles. The molecule has 0 amide bonds. The third kappa shape index (κ3) is 3.44. The van der Waals surface area contributed by atoms with E-state index in [0.29, 0.717) is 30.5 Å². The summed E-state index contributed by atoms with van der Waals surface area (Å²) in [5.41, 5.74) is 0.570. The minimum absolute atomic E-state index is 0.00898. The lowest BCUT2D eigenvalue weighted by atomic mass is 9.80. The van der Waals surface area contributed by atoms with E-state index in [9.17, 15) is 15.2 Å². The van der Waals surface area contributed by atoms with Crippen LogP contribution in [0.3, 0.4) is 0 Å². The summed E-state index contributed by atoms with van der Waals surface area (Å²) in [5, 5.41) is 22.1. The molecule has 7 heteroatoms. The smallest absolute Gasteiger partial charge is 0.294 e. The van der Waals surface area contributed by atoms with E-state index >= 15 is 0 Å². The highest BCUT2D eigenvalue weighted by molar-refractivity contribution is 6.30. The molecule has 1 saturated carbocycles. The summed E-state index contributed by atoms with van der Waals surface area (Å²) in [6.45, 7) is 1.59. The molecule has 0 spiro atoms. The topological polar surface area (TPSA) is 75.8 Å². The van der Waals surface area contributed by atoms with Crippen molar-refractivity contribution in [1.82, 2.24) is 0 Å². The molecule has 1 aromatic carbocycles. The zero-order chi connectivity index (χ0) is 16.4. The summed E-state index contributed by atoms with van der Waals surface area (Å²) in [7, 11) is 0. The monoisotopic (exact) mass is 340 g/mol. The van der Waals surface area contributed by atoms with Crippen molar-refractivity contribution in [2.75, 3.05) is 24.7 Å². The molecule has 1 aliphatic heterocycles. The van der Waals surface area contributed by atoms with Crippen molar-refractivity contribution in [3.63, 3.8) is 0 Å². The van der Waals surface area contributed by atoms with Gasteiger partial charge < -0.3 is 14.7 Å². The van der Waals surface area contributed by atoms with Gasteiger partial charge in [-0.2, -0.15) is 0 Å². The zero-order valence-corrected chi connectivity index (χ0v) is 13.6. The number of aliphatic hydroxyl groups excluding tert-OH is 1. The van der Waals surface area contributed by atoms with Gasteiger partial charge in [0.25, 0.3) is 5.69 Å². The number of nitro benzene ring substituents is 1. The standard InChI is InChI=1S/C16H21ClN2O4/c17-11-5-6-13(14(9-11)19(21)22)18-7-8-23-10-15(18)12-3-1-2-4-16(12)20/h5-6,9,12,15-16,20H,1-4,7-8,10H2/t12-,15+,16+/m0/s1. The maximum atomic E-state index is 11.4. The lowest BCUT2D eigenvalue weighted by Gasteiger charge is -2.44. The third-order valence-corrected chi connectivity index (χ3v) is 5.12. The first kappa shape index (κ1) is 16.5. The van der Waals surface area contributed by atoms with E-state index in [2.05, 4.69) is 0 Å². The molecule has 1 saturated heterocycles. The summed E-state index contributed by atoms with van der Waals surface area (Å²) in [6.07, 6.45) is 3.45. The highest BCUT2D eigenvalue weighted by Crippen LogP contribution is 2.37. The molecule has 0 bridgehead atoms. The fraction of sp³-hybridized carbons (Fsp3) is 0.625. The summed E-state index contributed by atoms with van der Waals surface area (Å²) in [4.78, 5) is 13.0. The number of hydrogen-bond acceptors (Lipinski definition) is 5. The molecule has 1 aliphatic carbocycles. The van der Waals surface area contributed by atoms with Gasteiger partial charge in [0.05, 0.1) is 30.3 Å². The van der Waals surface area contributed by atoms with Gasteiger partial charge in [0.15, 0.2) is 0 Å². The van der Waals surface area contributed by atoms with E-state index in [1.807, 2.05) is 4.90 Å². The molecule has 2 fully saturated rings. The van der Waals surface area contributed by atoms with Gasteiger partial charge in [-0.15, -0.1) is 0 Å². The van der Waals surface area contributed by atoms with Crippen LogP contribution in [0.2, 0.25) is 5.02 Å². The average molecular weight is 341 g/mol. The Morgan fingerprint density at radius 1 is 1.35 bits per heavy atom. The molecule has 1 aromatic rings. The number of nitrogens with zero attached hydrogens (tertiary/aromatic N) is 2. The SMILES string of the molecule is O=[N+]([O-])c1cc(Cl)ccc1N1CCOC[C@@H]1[C@@H]1CCCC[C@H]1O. The first-order chi connectivity index (χ1) is 11.1. The van der Waals surface area contributed by atoms with Crippen molar-refractivity contribution in [3.8, 4) is 0 Å². The van der Waals surface area contributed by atoms with Gasteiger partial charge in [0.2, 0.25) is 0 Å². The largest absolute Gasteiger partial charge is 0.393 e. The fourth-order valence-electron chi connectivity index (χ4n) is 3.75. The van der Waals surface area contributed by atoms with Gasteiger partial charge in [-0.25, -0.2) is 0 Å². The van der Waals surface area contributed by atoms with Crippen molar-refractivity contribution in [1.29, 1.82) is 0 Å². The number of nitro groups is 1. The second-order valence-electron chi connectivity index (χ2n) is 6.24. The number of rotatable bonds is 3. The van der Waals surface area contributed by atoms with Crippen LogP contribution in [-0.2, 0) is 4.74 Å². The molecule has 2 aliphatic rings. The van der Waals surface area contributed by atoms with Crippen molar-refractivity contribution < 1.29 is 14.8 Å². The van der Waals surface area contributed by atoms with Crippen molar-refractivity contribution >= 4 is 23.0 Å². The van der Waals surface area contributed by atoms with Crippen LogP contribution in [0.15, 0.2) is 18.2 Å². The quantitative estimate of drug-likeness (QED) is 0.676. The predicted molar refractivity (Wildman–Crippen MR) is 88.0 cm³/mol. The molecule has 0 radical (unpaired) electrons. The summed E-state index contributed by atoms with van der Waals surface area (Å²) in [5.74, 6) is 0.0827. The molecule has 3 rings (SSSR count). The second kappa shape index (κ2) is 7.03. The van der Waals surface area contributed by atoms with Gasteiger partial charge in [-0.1, -0.05) is 24.4 Å². The number of morpholine rings is 1. The zero-order valence-electron chi connectivity index (χ0n) is 12.9. The molecule has 1 N–H and O–H groups in total. The molecule has 23 heavy (non-hydrogen) atoms. The lowest BCUT2D eigenvalue weighted by molar-refractivity contribution is -0.384. The van der Waals surface area contributed by atoms with Crippen molar-refractivity contribution in [2.45, 2.75) is 37.8 Å². The van der Waals surface area contributed by atoms with E-state index in [1.54, 1.807) is 12.1 Å².